The quantitative estimate of drug-likeness (QED) is 0.540. The Hall–Kier alpha value is -3.51. The second kappa shape index (κ2) is 11.3. The van der Waals surface area contributed by atoms with Crippen molar-refractivity contribution in [1.29, 1.82) is 0 Å². The van der Waals surface area contributed by atoms with Crippen molar-refractivity contribution >= 4 is 23.4 Å². The molecule has 3 heterocycles. The Bertz CT molecular complexity index is 1340. The zero-order chi connectivity index (χ0) is 30.3. The zero-order valence-corrected chi connectivity index (χ0v) is 23.5. The van der Waals surface area contributed by atoms with Crippen molar-refractivity contribution in [3.63, 3.8) is 0 Å². The van der Waals surface area contributed by atoms with Gasteiger partial charge in [-0.2, -0.15) is 13.2 Å². The molecule has 0 radical (unpaired) electrons. The molecule has 0 saturated carbocycles. The van der Waals surface area contributed by atoms with Crippen LogP contribution >= 0.6 is 0 Å². The van der Waals surface area contributed by atoms with E-state index < -0.39 is 34.5 Å². The van der Waals surface area contributed by atoms with E-state index >= 15 is 0 Å². The maximum Gasteiger partial charge on any atom is 0.430 e. The minimum Gasteiger partial charge on any atom is -0.356 e. The van der Waals surface area contributed by atoms with Gasteiger partial charge in [-0.3, -0.25) is 19.3 Å². The number of carbonyl (C=O) groups excluding carboxylic acids is 3. The number of rotatable bonds is 5. The van der Waals surface area contributed by atoms with Crippen LogP contribution in [0.4, 0.5) is 23.2 Å². The summed E-state index contributed by atoms with van der Waals surface area (Å²) in [5.41, 5.74) is -3.20. The first-order chi connectivity index (χ1) is 19.9. The predicted octanol–water partition coefficient (Wildman–Crippen LogP) is 3.42. The first kappa shape index (κ1) is 30.0. The molecule has 12 heteroatoms. The largest absolute Gasteiger partial charge is 0.430 e. The highest BCUT2D eigenvalue weighted by molar-refractivity contribution is 5.96. The fourth-order valence-corrected chi connectivity index (χ4v) is 6.69. The third-order valence-corrected chi connectivity index (χ3v) is 9.06. The van der Waals surface area contributed by atoms with Gasteiger partial charge < -0.3 is 19.9 Å². The van der Waals surface area contributed by atoms with Crippen LogP contribution in [0.15, 0.2) is 48.5 Å². The van der Waals surface area contributed by atoms with E-state index in [0.717, 1.165) is 17.6 Å². The lowest BCUT2D eigenvalue weighted by Crippen LogP contribution is -2.60. The number of ether oxygens (including phenoxy) is 1. The summed E-state index contributed by atoms with van der Waals surface area (Å²) in [5.74, 6) is -2.23. The van der Waals surface area contributed by atoms with Crippen LogP contribution in [0.3, 0.4) is 0 Å². The summed E-state index contributed by atoms with van der Waals surface area (Å²) >= 11 is 0. The van der Waals surface area contributed by atoms with Gasteiger partial charge in [-0.25, -0.2) is 4.39 Å². The number of nitrogens with one attached hydrogen (secondary N) is 1. The van der Waals surface area contributed by atoms with E-state index in [1.54, 1.807) is 25.2 Å². The first-order valence-electron chi connectivity index (χ1n) is 13.9. The SMILES string of the molecule is CO[C@@](C(=O)N1CCC2(CC1)CC(=O)NC[C@H]2c1ccc(F)cc1)(c1cccc(N2CCN(C)CC2=O)c1)C(F)(F)F. The maximum absolute atomic E-state index is 14.9. The Morgan fingerprint density at radius 2 is 1.71 bits per heavy atom. The van der Waals surface area contributed by atoms with Crippen molar-refractivity contribution in [2.24, 2.45) is 5.41 Å². The van der Waals surface area contributed by atoms with Crippen LogP contribution in [0.1, 0.15) is 36.3 Å². The lowest BCUT2D eigenvalue weighted by Gasteiger charge is -2.50. The van der Waals surface area contributed by atoms with Gasteiger partial charge in [-0.1, -0.05) is 24.3 Å². The average molecular weight is 591 g/mol. The number of likely N-dealkylation sites (N-methyl/N-ethyl adjacent to an activating group) is 1. The van der Waals surface area contributed by atoms with Crippen molar-refractivity contribution in [2.75, 3.05) is 58.3 Å². The Kier molecular flexibility index (Phi) is 8.06. The Morgan fingerprint density at radius 3 is 2.33 bits per heavy atom. The second-order valence-electron chi connectivity index (χ2n) is 11.5. The number of benzene rings is 2. The van der Waals surface area contributed by atoms with Crippen LogP contribution in [0.5, 0.6) is 0 Å². The van der Waals surface area contributed by atoms with Crippen LogP contribution in [-0.4, -0.2) is 87.1 Å². The fourth-order valence-electron chi connectivity index (χ4n) is 6.69. The highest BCUT2D eigenvalue weighted by Gasteiger charge is 2.64. The van der Waals surface area contributed by atoms with Crippen LogP contribution in [0.25, 0.3) is 0 Å². The number of alkyl halides is 3. The van der Waals surface area contributed by atoms with E-state index in [0.29, 0.717) is 32.5 Å². The van der Waals surface area contributed by atoms with Gasteiger partial charge in [0, 0.05) is 63.4 Å². The molecule has 226 valence electrons. The molecule has 3 saturated heterocycles. The summed E-state index contributed by atoms with van der Waals surface area (Å²) in [7, 11) is 2.65. The van der Waals surface area contributed by atoms with Crippen LogP contribution in [-0.2, 0) is 24.7 Å². The molecular formula is C30H34F4N4O4. The third-order valence-electron chi connectivity index (χ3n) is 9.06. The van der Waals surface area contributed by atoms with Gasteiger partial charge in [-0.05, 0) is 55.1 Å². The lowest BCUT2D eigenvalue weighted by atomic mass is 9.62. The van der Waals surface area contributed by atoms with Crippen molar-refractivity contribution in [3.05, 3.63) is 65.5 Å². The van der Waals surface area contributed by atoms with Crippen molar-refractivity contribution in [1.82, 2.24) is 15.1 Å². The van der Waals surface area contributed by atoms with Crippen LogP contribution in [0.2, 0.25) is 0 Å². The van der Waals surface area contributed by atoms with Gasteiger partial charge in [0.25, 0.3) is 11.5 Å². The molecule has 0 unspecified atom stereocenters. The van der Waals surface area contributed by atoms with E-state index in [1.165, 1.54) is 35.2 Å². The Morgan fingerprint density at radius 1 is 1.02 bits per heavy atom. The lowest BCUT2D eigenvalue weighted by molar-refractivity contribution is -0.271. The molecule has 3 aliphatic rings. The minimum absolute atomic E-state index is 0.0123. The van der Waals surface area contributed by atoms with Gasteiger partial charge in [0.05, 0.1) is 6.54 Å². The first-order valence-corrected chi connectivity index (χ1v) is 13.9. The molecule has 2 aromatic carbocycles. The van der Waals surface area contributed by atoms with E-state index in [2.05, 4.69) is 5.32 Å². The molecule has 42 heavy (non-hydrogen) atoms. The summed E-state index contributed by atoms with van der Waals surface area (Å²) in [5, 5.41) is 2.85. The number of anilines is 1. The predicted molar refractivity (Wildman–Crippen MR) is 146 cm³/mol. The number of hydrogen-bond acceptors (Lipinski definition) is 5. The summed E-state index contributed by atoms with van der Waals surface area (Å²) in [6, 6.07) is 11.4. The highest BCUT2D eigenvalue weighted by atomic mass is 19.4. The summed E-state index contributed by atoms with van der Waals surface area (Å²) < 4.78 is 63.5. The molecule has 1 N–H and O–H groups in total. The molecule has 3 fully saturated rings. The number of hydrogen-bond donors (Lipinski definition) is 1. The smallest absolute Gasteiger partial charge is 0.356 e. The topological polar surface area (TPSA) is 82.2 Å². The Labute approximate surface area is 241 Å². The number of piperidine rings is 2. The zero-order valence-electron chi connectivity index (χ0n) is 23.5. The van der Waals surface area contributed by atoms with E-state index in [1.807, 2.05) is 4.90 Å². The summed E-state index contributed by atoms with van der Waals surface area (Å²) in [6.45, 7) is 1.28. The molecule has 0 aliphatic carbocycles. The molecule has 0 bridgehead atoms. The number of halogens is 4. The van der Waals surface area contributed by atoms with E-state index in [-0.39, 0.29) is 49.5 Å². The number of nitrogens with zero attached hydrogens (tertiary/aromatic N) is 3. The van der Waals surface area contributed by atoms with Gasteiger partial charge in [0.2, 0.25) is 11.8 Å². The molecule has 3 amide bonds. The monoisotopic (exact) mass is 590 g/mol. The molecular weight excluding hydrogens is 556 g/mol. The average Bonchev–Trinajstić information content (AvgIpc) is 2.94. The number of piperazine rings is 1. The van der Waals surface area contributed by atoms with Crippen molar-refractivity contribution < 1.29 is 36.7 Å². The van der Waals surface area contributed by atoms with Crippen LogP contribution < -0.4 is 10.2 Å². The molecule has 0 aromatic heterocycles. The number of methoxy groups -OCH3 is 1. The summed E-state index contributed by atoms with van der Waals surface area (Å²) in [4.78, 5) is 43.4. The molecule has 2 atom stereocenters. The molecule has 2 aromatic rings. The van der Waals surface area contributed by atoms with Crippen molar-refractivity contribution in [2.45, 2.75) is 37.0 Å². The fraction of sp³-hybridized carbons (Fsp3) is 0.500. The molecule has 5 rings (SSSR count). The number of likely N-dealkylation sites (tertiary alicyclic amines) is 1. The van der Waals surface area contributed by atoms with Crippen LogP contribution in [0, 0.1) is 11.2 Å². The van der Waals surface area contributed by atoms with Gasteiger partial charge in [0.15, 0.2) is 0 Å². The van der Waals surface area contributed by atoms with E-state index in [9.17, 15) is 31.9 Å². The second-order valence-corrected chi connectivity index (χ2v) is 11.5. The maximum atomic E-state index is 14.9. The normalized spacial score (nSPS) is 23.0. The molecule has 1 spiro atoms. The minimum atomic E-state index is -5.11. The van der Waals surface area contributed by atoms with Crippen molar-refractivity contribution in [3.8, 4) is 0 Å². The van der Waals surface area contributed by atoms with Gasteiger partial charge in [-0.15, -0.1) is 0 Å². The Balaban J connectivity index is 1.43. The molecule has 8 nitrogen and oxygen atoms in total. The number of carbonyl (C=O) groups is 3. The third kappa shape index (κ3) is 5.26. The van der Waals surface area contributed by atoms with Gasteiger partial charge >= 0.3 is 6.18 Å². The summed E-state index contributed by atoms with van der Waals surface area (Å²) in [6.07, 6.45) is -4.36. The standard InChI is InChI=1S/C30H34F4N4O4/c1-36-14-15-38(26(40)19-36)23-5-3-4-21(16-23)29(42-2,30(32,33)34)27(41)37-12-10-28(11-13-37)17-25(39)35-18-24(28)20-6-8-22(31)9-7-20/h3-9,16,24H,10-15,17-19H2,1-2H3,(H,35,39)/t24-,29+/m0/s1. The number of amides is 3. The molecule has 3 aliphatic heterocycles. The highest BCUT2D eigenvalue weighted by Crippen LogP contribution is 2.50. The van der Waals surface area contributed by atoms with Gasteiger partial charge in [0.1, 0.15) is 5.82 Å². The van der Waals surface area contributed by atoms with E-state index in [4.69, 9.17) is 4.74 Å².